The van der Waals surface area contributed by atoms with Crippen LogP contribution >= 0.6 is 0 Å². The minimum Gasteiger partial charge on any atom is -0.450 e. The predicted molar refractivity (Wildman–Crippen MR) is 76.2 cm³/mol. The van der Waals surface area contributed by atoms with Gasteiger partial charge in [0.25, 0.3) is 5.69 Å². The zero-order valence-electron chi connectivity index (χ0n) is 11.6. The summed E-state index contributed by atoms with van der Waals surface area (Å²) in [5, 5.41) is 12.7. The van der Waals surface area contributed by atoms with E-state index < -0.39 is 24.9 Å². The summed E-state index contributed by atoms with van der Waals surface area (Å²) >= 11 is 0. The number of ether oxygens (including phenoxy) is 1. The van der Waals surface area contributed by atoms with Gasteiger partial charge in [-0.05, 0) is 12.1 Å². The topological polar surface area (TPSA) is 81.5 Å². The Bertz CT molecular complexity index is 517. The third-order valence-electron chi connectivity index (χ3n) is 2.48. The van der Waals surface area contributed by atoms with Crippen LogP contribution in [-0.2, 0) is 4.74 Å². The molecule has 8 heteroatoms. The maximum Gasteiger partial charge on any atom is 0.411 e. The third kappa shape index (κ3) is 5.35. The van der Waals surface area contributed by atoms with Gasteiger partial charge in [0.05, 0.1) is 17.2 Å². The Balaban J connectivity index is 2.62. The number of anilines is 1. The van der Waals surface area contributed by atoms with Crippen LogP contribution in [0.25, 0.3) is 0 Å². The van der Waals surface area contributed by atoms with Crippen LogP contribution in [0, 0.1) is 15.9 Å². The molecule has 0 unspecified atom stereocenters. The van der Waals surface area contributed by atoms with Gasteiger partial charge in [0.1, 0.15) is 5.82 Å². The highest BCUT2D eigenvalue weighted by Gasteiger charge is 2.16. The van der Waals surface area contributed by atoms with E-state index in [4.69, 9.17) is 4.74 Å². The van der Waals surface area contributed by atoms with Gasteiger partial charge in [-0.3, -0.25) is 15.4 Å². The maximum atomic E-state index is 13.4. The normalized spacial score (nSPS) is 11.0. The molecule has 0 bridgehead atoms. The minimum absolute atomic E-state index is 0.248. The molecule has 0 fully saturated rings. The summed E-state index contributed by atoms with van der Waals surface area (Å²) in [4.78, 5) is 21.4. The van der Waals surface area contributed by atoms with Crippen molar-refractivity contribution in [2.24, 2.45) is 0 Å². The number of rotatable bonds is 5. The highest BCUT2D eigenvalue weighted by atomic mass is 28.3. The molecule has 0 aliphatic carbocycles. The van der Waals surface area contributed by atoms with Gasteiger partial charge in [-0.2, -0.15) is 0 Å². The molecule has 1 rings (SSSR count). The molecule has 0 heterocycles. The number of amides is 1. The van der Waals surface area contributed by atoms with Crippen LogP contribution in [0.1, 0.15) is 0 Å². The largest absolute Gasteiger partial charge is 0.450 e. The number of carbonyl (C=O) groups excluding carboxylic acids is 1. The van der Waals surface area contributed by atoms with Crippen LogP contribution in [0.4, 0.5) is 20.6 Å². The van der Waals surface area contributed by atoms with Gasteiger partial charge in [-0.15, -0.1) is 0 Å². The lowest BCUT2D eigenvalue weighted by Gasteiger charge is -2.15. The number of nitro benzene ring substituents is 1. The van der Waals surface area contributed by atoms with Gasteiger partial charge in [-0.25, -0.2) is 9.18 Å². The molecule has 1 aromatic rings. The smallest absolute Gasteiger partial charge is 0.411 e. The van der Waals surface area contributed by atoms with Crippen molar-refractivity contribution in [3.63, 3.8) is 0 Å². The van der Waals surface area contributed by atoms with E-state index >= 15 is 0 Å². The second-order valence-corrected chi connectivity index (χ2v) is 11.1. The summed E-state index contributed by atoms with van der Waals surface area (Å²) in [5.74, 6) is -0.752. The molecule has 110 valence electrons. The summed E-state index contributed by atoms with van der Waals surface area (Å²) in [6.45, 7) is 6.65. The van der Waals surface area contributed by atoms with Gasteiger partial charge in [0.15, 0.2) is 0 Å². The monoisotopic (exact) mass is 300 g/mol. The summed E-state index contributed by atoms with van der Waals surface area (Å²) in [6, 6.07) is 3.69. The van der Waals surface area contributed by atoms with Crippen molar-refractivity contribution in [2.75, 3.05) is 11.9 Å². The van der Waals surface area contributed by atoms with Gasteiger partial charge >= 0.3 is 6.09 Å². The SMILES string of the molecule is C[Si](C)(C)CCOC(=O)Nc1cc([N+](=O)[O-])ccc1F. The van der Waals surface area contributed by atoms with E-state index in [1.54, 1.807) is 0 Å². The fourth-order valence-corrected chi connectivity index (χ4v) is 2.03. The fourth-order valence-electron chi connectivity index (χ4n) is 1.32. The summed E-state index contributed by atoms with van der Waals surface area (Å²) in [6.07, 6.45) is -0.817. The summed E-state index contributed by atoms with van der Waals surface area (Å²) < 4.78 is 18.3. The van der Waals surface area contributed by atoms with Crippen LogP contribution < -0.4 is 5.32 Å². The van der Waals surface area contributed by atoms with Crippen LogP contribution in [0.3, 0.4) is 0 Å². The second-order valence-electron chi connectivity index (χ2n) is 5.49. The Kier molecular flexibility index (Phi) is 5.20. The standard InChI is InChI=1S/C12H17FN2O4Si/c1-20(2,3)7-6-19-12(16)14-11-8-9(15(17)18)4-5-10(11)13/h4-5,8H,6-7H2,1-3H3,(H,14,16). The van der Waals surface area contributed by atoms with Gasteiger partial charge in [0.2, 0.25) is 0 Å². The van der Waals surface area contributed by atoms with Gasteiger partial charge in [-0.1, -0.05) is 19.6 Å². The first kappa shape index (κ1) is 16.1. The molecule has 6 nitrogen and oxygen atoms in total. The van der Waals surface area contributed by atoms with E-state index in [1.807, 2.05) is 0 Å². The zero-order valence-corrected chi connectivity index (χ0v) is 12.6. The molecular weight excluding hydrogens is 283 g/mol. The fraction of sp³-hybridized carbons (Fsp3) is 0.417. The van der Waals surface area contributed by atoms with Crippen LogP contribution in [0.15, 0.2) is 18.2 Å². The first-order valence-corrected chi connectivity index (χ1v) is 9.77. The summed E-state index contributed by atoms with van der Waals surface area (Å²) in [5.41, 5.74) is -0.569. The van der Waals surface area contributed by atoms with Crippen molar-refractivity contribution in [3.8, 4) is 0 Å². The lowest BCUT2D eigenvalue weighted by atomic mass is 10.2. The van der Waals surface area contributed by atoms with Crippen LogP contribution in [-0.4, -0.2) is 25.7 Å². The molecule has 0 atom stereocenters. The molecule has 0 radical (unpaired) electrons. The molecule has 0 aliphatic rings. The number of halogens is 1. The molecular formula is C12H17FN2O4Si. The molecule has 0 saturated heterocycles. The average Bonchev–Trinajstić information content (AvgIpc) is 2.30. The quantitative estimate of drug-likeness (QED) is 0.511. The lowest BCUT2D eigenvalue weighted by Crippen LogP contribution is -2.24. The highest BCUT2D eigenvalue weighted by molar-refractivity contribution is 6.76. The Morgan fingerprint density at radius 1 is 1.45 bits per heavy atom. The van der Waals surface area contributed by atoms with Gasteiger partial charge < -0.3 is 4.74 Å². The van der Waals surface area contributed by atoms with E-state index in [0.29, 0.717) is 0 Å². The predicted octanol–water partition coefficient (Wildman–Crippen LogP) is 3.62. The highest BCUT2D eigenvalue weighted by Crippen LogP contribution is 2.21. The third-order valence-corrected chi connectivity index (χ3v) is 4.19. The first-order valence-electron chi connectivity index (χ1n) is 6.07. The lowest BCUT2D eigenvalue weighted by molar-refractivity contribution is -0.384. The maximum absolute atomic E-state index is 13.4. The molecule has 1 N–H and O–H groups in total. The Hall–Kier alpha value is -1.96. The number of benzene rings is 1. The summed E-state index contributed by atoms with van der Waals surface area (Å²) in [7, 11) is -1.32. The number of hydrogen-bond donors (Lipinski definition) is 1. The number of non-ortho nitro benzene ring substituents is 1. The number of carbonyl (C=O) groups is 1. The minimum atomic E-state index is -1.32. The van der Waals surface area contributed by atoms with E-state index in [-0.39, 0.29) is 18.0 Å². The van der Waals surface area contributed by atoms with Crippen LogP contribution in [0.5, 0.6) is 0 Å². The molecule has 1 amide bonds. The molecule has 0 aromatic heterocycles. The van der Waals surface area contributed by atoms with E-state index in [1.165, 1.54) is 0 Å². The molecule has 0 spiro atoms. The zero-order chi connectivity index (χ0) is 15.3. The second kappa shape index (κ2) is 6.46. The van der Waals surface area contributed by atoms with Crippen molar-refractivity contribution in [1.29, 1.82) is 0 Å². The van der Waals surface area contributed by atoms with Crippen LogP contribution in [0.2, 0.25) is 25.7 Å². The number of nitrogens with one attached hydrogen (secondary N) is 1. The van der Waals surface area contributed by atoms with E-state index in [9.17, 15) is 19.3 Å². The number of nitro groups is 1. The van der Waals surface area contributed by atoms with Crippen molar-refractivity contribution < 1.29 is 18.8 Å². The Labute approximate surface area is 117 Å². The average molecular weight is 300 g/mol. The van der Waals surface area contributed by atoms with Crippen molar-refractivity contribution in [3.05, 3.63) is 34.1 Å². The number of nitrogens with zero attached hydrogens (tertiary/aromatic N) is 1. The molecule has 0 saturated carbocycles. The Morgan fingerprint density at radius 2 is 2.10 bits per heavy atom. The Morgan fingerprint density at radius 3 is 2.65 bits per heavy atom. The molecule has 0 aliphatic heterocycles. The first-order chi connectivity index (χ1) is 9.19. The van der Waals surface area contributed by atoms with Crippen molar-refractivity contribution in [2.45, 2.75) is 25.7 Å². The molecule has 20 heavy (non-hydrogen) atoms. The molecule has 1 aromatic carbocycles. The number of hydrogen-bond acceptors (Lipinski definition) is 4. The van der Waals surface area contributed by atoms with Gasteiger partial charge in [0, 0.05) is 20.2 Å². The van der Waals surface area contributed by atoms with Crippen molar-refractivity contribution >= 4 is 25.5 Å². The van der Waals surface area contributed by atoms with Crippen molar-refractivity contribution in [1.82, 2.24) is 0 Å². The van der Waals surface area contributed by atoms with E-state index in [2.05, 4.69) is 25.0 Å². The van der Waals surface area contributed by atoms with E-state index in [0.717, 1.165) is 24.2 Å².